The molecule has 0 spiro atoms. The number of rotatable bonds is 10. The summed E-state index contributed by atoms with van der Waals surface area (Å²) in [6.07, 6.45) is 2.07. The van der Waals surface area contributed by atoms with Crippen molar-refractivity contribution in [3.63, 3.8) is 0 Å². The van der Waals surface area contributed by atoms with Crippen molar-refractivity contribution in [3.8, 4) is 0 Å². The zero-order chi connectivity index (χ0) is 9.78. The second kappa shape index (κ2) is 11.4. The molecular weight excluding hydrogens is 172 g/mol. The van der Waals surface area contributed by atoms with Crippen molar-refractivity contribution in [2.75, 3.05) is 39.6 Å². The predicted octanol–water partition coefficient (Wildman–Crippen LogP) is 0.562. The Morgan fingerprint density at radius 2 is 1.62 bits per heavy atom. The monoisotopic (exact) mass is 190 g/mol. The normalized spacial score (nSPS) is 9.92. The van der Waals surface area contributed by atoms with Crippen LogP contribution in [0.3, 0.4) is 0 Å². The van der Waals surface area contributed by atoms with Gasteiger partial charge in [-0.05, 0) is 6.42 Å². The summed E-state index contributed by atoms with van der Waals surface area (Å²) in [5.41, 5.74) is 0. The molecule has 0 aliphatic rings. The van der Waals surface area contributed by atoms with E-state index in [0.29, 0.717) is 39.5 Å². The van der Waals surface area contributed by atoms with Gasteiger partial charge in [-0.3, -0.25) is 0 Å². The Labute approximate surface area is 79.1 Å². The Hall–Kier alpha value is -0.580. The third kappa shape index (κ3) is 11.4. The highest BCUT2D eigenvalue weighted by molar-refractivity contribution is 4.47. The zero-order valence-corrected chi connectivity index (χ0v) is 7.91. The van der Waals surface area contributed by atoms with Crippen LogP contribution in [0, 0.1) is 0 Å². The van der Waals surface area contributed by atoms with Crippen LogP contribution < -0.4 is 0 Å². The molecule has 0 bridgehead atoms. The first kappa shape index (κ1) is 12.4. The van der Waals surface area contributed by atoms with E-state index in [-0.39, 0.29) is 6.61 Å². The molecule has 0 heterocycles. The summed E-state index contributed by atoms with van der Waals surface area (Å²) in [6, 6.07) is 0. The average molecular weight is 190 g/mol. The standard InChI is InChI=1S/C9H18O4/c1-2-11-6-7-13-9-8-12-5-3-4-10/h2,10H,1,3-9H2. The number of hydrogen-bond acceptors (Lipinski definition) is 4. The van der Waals surface area contributed by atoms with Crippen molar-refractivity contribution < 1.29 is 19.3 Å². The molecule has 13 heavy (non-hydrogen) atoms. The molecule has 0 amide bonds. The van der Waals surface area contributed by atoms with Crippen LogP contribution >= 0.6 is 0 Å². The molecule has 0 radical (unpaired) electrons. The van der Waals surface area contributed by atoms with Gasteiger partial charge in [0, 0.05) is 13.2 Å². The highest BCUT2D eigenvalue weighted by Gasteiger charge is 1.89. The van der Waals surface area contributed by atoms with Gasteiger partial charge in [0.15, 0.2) is 0 Å². The van der Waals surface area contributed by atoms with Crippen LogP contribution in [0.4, 0.5) is 0 Å². The van der Waals surface area contributed by atoms with Gasteiger partial charge < -0.3 is 19.3 Å². The molecule has 4 nitrogen and oxygen atoms in total. The summed E-state index contributed by atoms with van der Waals surface area (Å²) in [5.74, 6) is 0. The smallest absolute Gasteiger partial charge is 0.111 e. The summed E-state index contributed by atoms with van der Waals surface area (Å²) in [7, 11) is 0. The second-order valence-corrected chi connectivity index (χ2v) is 2.34. The average Bonchev–Trinajstić information content (AvgIpc) is 2.16. The van der Waals surface area contributed by atoms with Gasteiger partial charge in [0.1, 0.15) is 6.61 Å². The predicted molar refractivity (Wildman–Crippen MR) is 49.5 cm³/mol. The van der Waals surface area contributed by atoms with Gasteiger partial charge in [-0.1, -0.05) is 6.58 Å². The third-order valence-corrected chi connectivity index (χ3v) is 1.28. The minimum absolute atomic E-state index is 0.175. The first-order chi connectivity index (χ1) is 6.41. The van der Waals surface area contributed by atoms with Crippen LogP contribution in [0.1, 0.15) is 6.42 Å². The van der Waals surface area contributed by atoms with Gasteiger partial charge in [-0.15, -0.1) is 0 Å². The lowest BCUT2D eigenvalue weighted by molar-refractivity contribution is 0.0272. The van der Waals surface area contributed by atoms with Gasteiger partial charge in [0.25, 0.3) is 0 Å². The molecule has 0 unspecified atom stereocenters. The fourth-order valence-electron chi connectivity index (χ4n) is 0.679. The largest absolute Gasteiger partial charge is 0.499 e. The lowest BCUT2D eigenvalue weighted by atomic mass is 10.5. The molecule has 0 aromatic heterocycles. The van der Waals surface area contributed by atoms with Gasteiger partial charge in [-0.2, -0.15) is 0 Å². The van der Waals surface area contributed by atoms with Crippen LogP contribution in [-0.4, -0.2) is 44.7 Å². The lowest BCUT2D eigenvalue weighted by Gasteiger charge is -2.04. The first-order valence-electron chi connectivity index (χ1n) is 4.40. The summed E-state index contributed by atoms with van der Waals surface area (Å²) in [6.45, 7) is 6.37. The van der Waals surface area contributed by atoms with E-state index >= 15 is 0 Å². The molecule has 0 aromatic rings. The maximum atomic E-state index is 8.43. The van der Waals surface area contributed by atoms with Crippen molar-refractivity contribution in [1.29, 1.82) is 0 Å². The molecular formula is C9H18O4. The van der Waals surface area contributed by atoms with Gasteiger partial charge in [0.2, 0.25) is 0 Å². The van der Waals surface area contributed by atoms with Crippen LogP contribution in [0.2, 0.25) is 0 Å². The molecule has 4 heteroatoms. The Balaban J connectivity index is 2.79. The summed E-state index contributed by atoms with van der Waals surface area (Å²) in [5, 5.41) is 8.43. The lowest BCUT2D eigenvalue weighted by Crippen LogP contribution is -2.09. The van der Waals surface area contributed by atoms with Gasteiger partial charge >= 0.3 is 0 Å². The molecule has 0 aliphatic heterocycles. The fourth-order valence-corrected chi connectivity index (χ4v) is 0.679. The molecule has 0 saturated carbocycles. The van der Waals surface area contributed by atoms with Crippen LogP contribution in [-0.2, 0) is 14.2 Å². The van der Waals surface area contributed by atoms with Crippen molar-refractivity contribution >= 4 is 0 Å². The van der Waals surface area contributed by atoms with E-state index in [2.05, 4.69) is 6.58 Å². The molecule has 0 saturated heterocycles. The van der Waals surface area contributed by atoms with E-state index in [1.54, 1.807) is 0 Å². The molecule has 0 fully saturated rings. The maximum absolute atomic E-state index is 8.43. The molecule has 0 aliphatic carbocycles. The summed E-state index contributed by atoms with van der Waals surface area (Å²) < 4.78 is 15.1. The number of aliphatic hydroxyl groups is 1. The second-order valence-electron chi connectivity index (χ2n) is 2.34. The van der Waals surface area contributed by atoms with E-state index in [9.17, 15) is 0 Å². The minimum atomic E-state index is 0.175. The van der Waals surface area contributed by atoms with E-state index < -0.39 is 0 Å². The minimum Gasteiger partial charge on any atom is -0.499 e. The highest BCUT2D eigenvalue weighted by atomic mass is 16.5. The topological polar surface area (TPSA) is 47.9 Å². The quantitative estimate of drug-likeness (QED) is 0.404. The Morgan fingerprint density at radius 3 is 2.23 bits per heavy atom. The zero-order valence-electron chi connectivity index (χ0n) is 7.91. The first-order valence-corrected chi connectivity index (χ1v) is 4.40. The number of aliphatic hydroxyl groups excluding tert-OH is 1. The maximum Gasteiger partial charge on any atom is 0.111 e. The van der Waals surface area contributed by atoms with Crippen LogP contribution in [0.25, 0.3) is 0 Å². The molecule has 78 valence electrons. The van der Waals surface area contributed by atoms with E-state index in [0.717, 1.165) is 0 Å². The van der Waals surface area contributed by atoms with E-state index in [1.807, 2.05) is 0 Å². The number of ether oxygens (including phenoxy) is 3. The third-order valence-electron chi connectivity index (χ3n) is 1.28. The van der Waals surface area contributed by atoms with Crippen LogP contribution in [0.15, 0.2) is 12.8 Å². The summed E-state index contributed by atoms with van der Waals surface area (Å²) in [4.78, 5) is 0. The van der Waals surface area contributed by atoms with Crippen molar-refractivity contribution in [1.82, 2.24) is 0 Å². The number of hydrogen-bond donors (Lipinski definition) is 1. The molecule has 1 N–H and O–H groups in total. The van der Waals surface area contributed by atoms with Gasteiger partial charge in [0.05, 0.1) is 26.1 Å². The highest BCUT2D eigenvalue weighted by Crippen LogP contribution is 1.83. The van der Waals surface area contributed by atoms with Gasteiger partial charge in [-0.25, -0.2) is 0 Å². The van der Waals surface area contributed by atoms with E-state index in [1.165, 1.54) is 6.26 Å². The van der Waals surface area contributed by atoms with Crippen molar-refractivity contribution in [3.05, 3.63) is 12.8 Å². The fraction of sp³-hybridized carbons (Fsp3) is 0.778. The summed E-state index contributed by atoms with van der Waals surface area (Å²) >= 11 is 0. The Kier molecular flexibility index (Phi) is 10.9. The van der Waals surface area contributed by atoms with Crippen LogP contribution in [0.5, 0.6) is 0 Å². The SMILES string of the molecule is C=COCCOCCOCCCO. The molecule has 0 atom stereocenters. The van der Waals surface area contributed by atoms with E-state index in [4.69, 9.17) is 19.3 Å². The molecule has 0 aromatic carbocycles. The Bertz CT molecular complexity index is 106. The van der Waals surface area contributed by atoms with Crippen molar-refractivity contribution in [2.24, 2.45) is 0 Å². The Morgan fingerprint density at radius 1 is 1.00 bits per heavy atom. The molecule has 0 rings (SSSR count). The van der Waals surface area contributed by atoms with Crippen molar-refractivity contribution in [2.45, 2.75) is 6.42 Å².